The van der Waals surface area contributed by atoms with Crippen LogP contribution in [0.15, 0.2) is 53.6 Å². The van der Waals surface area contributed by atoms with Crippen LogP contribution >= 0.6 is 0 Å². The van der Waals surface area contributed by atoms with Crippen LogP contribution in [0, 0.1) is 5.82 Å². The number of benzene rings is 1. The zero-order chi connectivity index (χ0) is 30.0. The van der Waals surface area contributed by atoms with Gasteiger partial charge in [0.25, 0.3) is 0 Å². The number of amides is 1. The molecule has 0 unspecified atom stereocenters. The first-order valence-electron chi connectivity index (χ1n) is 13.7. The molecule has 2 aliphatic rings. The molecular formula is C28H28F4N8O3. The molecule has 0 radical (unpaired) electrons. The highest BCUT2D eigenvalue weighted by Crippen LogP contribution is 2.59. The zero-order valence-corrected chi connectivity index (χ0v) is 22.9. The third-order valence-electron chi connectivity index (χ3n) is 7.57. The Morgan fingerprint density at radius 3 is 2.49 bits per heavy atom. The molecule has 2 fully saturated rings. The van der Waals surface area contributed by atoms with Crippen LogP contribution in [0.2, 0.25) is 0 Å². The summed E-state index contributed by atoms with van der Waals surface area (Å²) in [6, 6.07) is 5.42. The van der Waals surface area contributed by atoms with E-state index in [1.165, 1.54) is 12.1 Å². The van der Waals surface area contributed by atoms with Gasteiger partial charge >= 0.3 is 6.18 Å². The Balaban J connectivity index is 1.02. The van der Waals surface area contributed by atoms with Crippen molar-refractivity contribution in [1.82, 2.24) is 29.8 Å². The minimum absolute atomic E-state index is 0.0946. The molecule has 4 aromatic rings. The topological polar surface area (TPSA) is 123 Å². The average Bonchev–Trinajstić information content (AvgIpc) is 3.50. The fourth-order valence-corrected chi connectivity index (χ4v) is 4.87. The van der Waals surface area contributed by atoms with Gasteiger partial charge < -0.3 is 19.9 Å². The lowest BCUT2D eigenvalue weighted by molar-refractivity contribution is -0.165. The minimum Gasteiger partial charge on any atom is -0.379 e. The molecule has 1 saturated heterocycles. The number of morpholine rings is 1. The van der Waals surface area contributed by atoms with Crippen molar-refractivity contribution in [2.24, 2.45) is 0 Å². The monoisotopic (exact) mass is 600 g/mol. The molecule has 226 valence electrons. The van der Waals surface area contributed by atoms with Crippen molar-refractivity contribution < 1.29 is 31.6 Å². The third-order valence-corrected chi connectivity index (χ3v) is 7.57. The summed E-state index contributed by atoms with van der Waals surface area (Å²) in [6.45, 7) is 4.95. The Bertz CT molecular complexity index is 1580. The molecule has 15 heteroatoms. The summed E-state index contributed by atoms with van der Waals surface area (Å²) < 4.78 is 66.8. The van der Waals surface area contributed by atoms with E-state index >= 15 is 0 Å². The smallest absolute Gasteiger partial charge is 0.379 e. The number of hydrogen-bond donors (Lipinski definition) is 2. The second-order valence-electron chi connectivity index (χ2n) is 10.6. The van der Waals surface area contributed by atoms with E-state index in [0.717, 1.165) is 51.1 Å². The molecule has 11 nitrogen and oxygen atoms in total. The van der Waals surface area contributed by atoms with Crippen molar-refractivity contribution in [1.29, 1.82) is 0 Å². The van der Waals surface area contributed by atoms with Crippen molar-refractivity contribution in [3.63, 3.8) is 0 Å². The standard InChI is InChI=1S/C28H28F4N8O3/c29-22-11-18(1-2-19(22)12-25(41)37-24-13-23(43-38-24)27(3-4-27)28(30,31)32)20-14-33-26(34-15-20)36-21-16-35-40(17-21)6-5-39-7-9-42-10-8-39/h1-2,11,13-17H,3-10,12H2,(H,33,34,36)(H,37,38,41). The quantitative estimate of drug-likeness (QED) is 0.256. The molecular weight excluding hydrogens is 572 g/mol. The van der Waals surface area contributed by atoms with Crippen molar-refractivity contribution in [3.05, 3.63) is 66.2 Å². The van der Waals surface area contributed by atoms with Crippen molar-refractivity contribution in [3.8, 4) is 11.1 Å². The first-order chi connectivity index (χ1) is 20.7. The van der Waals surface area contributed by atoms with Crippen LogP contribution in [0.4, 0.5) is 35.0 Å². The van der Waals surface area contributed by atoms with Crippen molar-refractivity contribution in [2.45, 2.75) is 37.4 Å². The molecule has 0 spiro atoms. The SMILES string of the molecule is O=C(Cc1ccc(-c2cnc(Nc3cnn(CCN4CCOCC4)c3)nc2)cc1F)Nc1cc(C2(C(F)(F)F)CC2)on1. The average molecular weight is 601 g/mol. The minimum atomic E-state index is -4.46. The Kier molecular flexibility index (Phi) is 7.83. The van der Waals surface area contributed by atoms with Crippen LogP contribution in [-0.2, 0) is 27.9 Å². The fraction of sp³-hybridized carbons (Fsp3) is 0.393. The summed E-state index contributed by atoms with van der Waals surface area (Å²) in [5.41, 5.74) is -0.140. The van der Waals surface area contributed by atoms with E-state index in [4.69, 9.17) is 9.26 Å². The predicted molar refractivity (Wildman–Crippen MR) is 146 cm³/mol. The van der Waals surface area contributed by atoms with Crippen LogP contribution in [0.25, 0.3) is 11.1 Å². The molecule has 43 heavy (non-hydrogen) atoms. The van der Waals surface area contributed by atoms with Crippen LogP contribution in [0.3, 0.4) is 0 Å². The van der Waals surface area contributed by atoms with Gasteiger partial charge in [0.05, 0.1) is 38.1 Å². The lowest BCUT2D eigenvalue weighted by Gasteiger charge is -2.26. The summed E-state index contributed by atoms with van der Waals surface area (Å²) in [5.74, 6) is -1.42. The molecule has 1 aliphatic carbocycles. The number of anilines is 3. The molecule has 1 aromatic carbocycles. The van der Waals surface area contributed by atoms with Crippen LogP contribution in [-0.4, -0.2) is 74.7 Å². The summed E-state index contributed by atoms with van der Waals surface area (Å²) in [7, 11) is 0. The Hall–Kier alpha value is -4.37. The van der Waals surface area contributed by atoms with Gasteiger partial charge in [-0.1, -0.05) is 17.3 Å². The number of aromatic nitrogens is 5. The molecule has 1 saturated carbocycles. The van der Waals surface area contributed by atoms with E-state index in [0.29, 0.717) is 17.1 Å². The van der Waals surface area contributed by atoms with Gasteiger partial charge in [0.15, 0.2) is 11.6 Å². The number of alkyl halides is 3. The summed E-state index contributed by atoms with van der Waals surface area (Å²) in [6.07, 6.45) is 1.66. The molecule has 6 rings (SSSR count). The van der Waals surface area contributed by atoms with Crippen LogP contribution in [0.5, 0.6) is 0 Å². The second kappa shape index (κ2) is 11.7. The number of hydrogen-bond acceptors (Lipinski definition) is 9. The van der Waals surface area contributed by atoms with Gasteiger partial charge in [0, 0.05) is 49.9 Å². The number of nitrogens with one attached hydrogen (secondary N) is 2. The number of rotatable bonds is 10. The Labute approximate surface area is 243 Å². The number of carbonyl (C=O) groups is 1. The van der Waals surface area contributed by atoms with Crippen molar-refractivity contribution in [2.75, 3.05) is 43.5 Å². The largest absolute Gasteiger partial charge is 0.401 e. The highest BCUT2D eigenvalue weighted by atomic mass is 19.4. The summed E-state index contributed by atoms with van der Waals surface area (Å²) >= 11 is 0. The van der Waals surface area contributed by atoms with Crippen LogP contribution < -0.4 is 10.6 Å². The van der Waals surface area contributed by atoms with Gasteiger partial charge in [0.1, 0.15) is 11.2 Å². The maximum Gasteiger partial charge on any atom is 0.401 e. The first-order valence-corrected chi connectivity index (χ1v) is 13.7. The molecule has 1 aliphatic heterocycles. The van der Waals surface area contributed by atoms with Crippen molar-refractivity contribution >= 4 is 23.4 Å². The van der Waals surface area contributed by atoms with Gasteiger partial charge in [0.2, 0.25) is 11.9 Å². The molecule has 0 bridgehead atoms. The molecule has 1 amide bonds. The molecule has 4 heterocycles. The third kappa shape index (κ3) is 6.51. The predicted octanol–water partition coefficient (Wildman–Crippen LogP) is 4.32. The fourth-order valence-electron chi connectivity index (χ4n) is 4.87. The van der Waals surface area contributed by atoms with E-state index in [9.17, 15) is 22.4 Å². The van der Waals surface area contributed by atoms with Gasteiger partial charge in [-0.2, -0.15) is 18.3 Å². The van der Waals surface area contributed by atoms with Gasteiger partial charge in [-0.15, -0.1) is 0 Å². The number of carbonyl (C=O) groups excluding carboxylic acids is 1. The molecule has 3 aromatic heterocycles. The molecule has 2 N–H and O–H groups in total. The summed E-state index contributed by atoms with van der Waals surface area (Å²) in [5, 5.41) is 13.4. The Morgan fingerprint density at radius 2 is 1.79 bits per heavy atom. The second-order valence-corrected chi connectivity index (χ2v) is 10.6. The van der Waals surface area contributed by atoms with E-state index in [1.807, 2.05) is 10.9 Å². The van der Waals surface area contributed by atoms with Crippen LogP contribution in [0.1, 0.15) is 24.2 Å². The van der Waals surface area contributed by atoms with E-state index < -0.39 is 23.3 Å². The highest BCUT2D eigenvalue weighted by Gasteiger charge is 2.66. The zero-order valence-electron chi connectivity index (χ0n) is 22.9. The lowest BCUT2D eigenvalue weighted by Crippen LogP contribution is -2.38. The van der Waals surface area contributed by atoms with E-state index in [1.54, 1.807) is 24.7 Å². The lowest BCUT2D eigenvalue weighted by atomic mass is 10.0. The van der Waals surface area contributed by atoms with Gasteiger partial charge in [-0.05, 0) is 30.0 Å². The number of halogens is 4. The van der Waals surface area contributed by atoms with Gasteiger partial charge in [-0.3, -0.25) is 14.4 Å². The Morgan fingerprint density at radius 1 is 1.02 bits per heavy atom. The number of ether oxygens (including phenoxy) is 1. The molecule has 0 atom stereocenters. The summed E-state index contributed by atoms with van der Waals surface area (Å²) in [4.78, 5) is 23.4. The van der Waals surface area contributed by atoms with E-state index in [-0.39, 0.29) is 36.4 Å². The van der Waals surface area contributed by atoms with Gasteiger partial charge in [-0.25, -0.2) is 14.4 Å². The normalized spacial score (nSPS) is 16.7. The first kappa shape index (κ1) is 28.7. The maximum atomic E-state index is 14.9. The maximum absolute atomic E-state index is 14.9. The van der Waals surface area contributed by atoms with E-state index in [2.05, 4.69) is 35.8 Å². The highest BCUT2D eigenvalue weighted by molar-refractivity contribution is 5.91. The number of nitrogens with zero attached hydrogens (tertiary/aromatic N) is 6.